The van der Waals surface area contributed by atoms with Crippen molar-refractivity contribution >= 4 is 64.1 Å². The van der Waals surface area contributed by atoms with Crippen LogP contribution in [0.25, 0.3) is 16.1 Å². The van der Waals surface area contributed by atoms with Gasteiger partial charge in [0.05, 0.1) is 38.1 Å². The number of nitrogens with zero attached hydrogens (tertiary/aromatic N) is 8. The molecule has 5 N–H and O–H groups in total. The number of rotatable bonds is 8. The molecule has 0 aliphatic carbocycles. The maximum Gasteiger partial charge on any atom is 0.248 e. The summed E-state index contributed by atoms with van der Waals surface area (Å²) in [4.78, 5) is 93.3. The lowest BCUT2D eigenvalue weighted by Crippen LogP contribution is -2.57. The number of halogens is 1. The monoisotopic (exact) mass is 1100 g/mol. The third kappa shape index (κ3) is 12.4. The molecule has 0 saturated carbocycles. The molecule has 78 heavy (non-hydrogen) atoms. The van der Waals surface area contributed by atoms with Crippen LogP contribution in [0.4, 0.5) is 0 Å². The molecule has 1 fully saturated rings. The number of amides is 6. The van der Waals surface area contributed by atoms with Crippen LogP contribution in [-0.4, -0.2) is 127 Å². The lowest BCUT2D eigenvalue weighted by atomic mass is 9.85. The molecule has 1 saturated heterocycles. The molecule has 0 radical (unpaired) electrons. The summed E-state index contributed by atoms with van der Waals surface area (Å²) in [6, 6.07) is 19.7. The molecule has 2 bridgehead atoms. The fourth-order valence-electron chi connectivity index (χ4n) is 10.1. The summed E-state index contributed by atoms with van der Waals surface area (Å²) in [5.41, 5.74) is 5.84. The maximum absolute atomic E-state index is 14.7. The minimum absolute atomic E-state index is 0.00230. The average molecular weight is 1100 g/mol. The van der Waals surface area contributed by atoms with Gasteiger partial charge in [-0.15, -0.1) is 26.6 Å². The largest absolute Gasteiger partial charge is 0.373 e. The number of nitrogens with one attached hydrogen (secondary N) is 5. The SMILES string of the molecule is Cc1sc2c(c1C)C(c1ccc(Cl)cc1)=N[C@@H](CC(=O)NC[C@H]1NC(=O)CNC(=O)[C@@H](Cc3ccc(-c4ccccc4)cc3)NC(=O)[C@@H]3C[C@@H](C)CN3C(=O)[C@H](C(C)(C)C)n3cc(nn3)COCCNC1=O)c1nnc(C)n1-2. The molecule has 0 unspecified atom stereocenters. The van der Waals surface area contributed by atoms with E-state index in [2.05, 4.69) is 47.1 Å². The Balaban J connectivity index is 0.964. The van der Waals surface area contributed by atoms with Crippen molar-refractivity contribution in [2.75, 3.05) is 32.8 Å². The summed E-state index contributed by atoms with van der Waals surface area (Å²) >= 11 is 7.89. The van der Waals surface area contributed by atoms with E-state index in [-0.39, 0.29) is 51.0 Å². The first-order valence-electron chi connectivity index (χ1n) is 26.0. The standard InChI is InChI=1S/C56H64ClN13O7S/c1-31-23-44-53(75)63-42(24-35-13-15-37(16-14-35)36-11-9-8-10-12-36)51(73)60-27-46(72)61-43(52(74)58-21-22-77-30-40-29-69(67-65-40)49(56(5,6)7)54(76)68(44)28-31)26-59-45(71)25-41-50-66-64-34(4)70(50)55-47(32(2)33(3)78-55)48(62-41)38-17-19-39(57)20-18-38/h8-20,29,31,41-44,49H,21-28,30H2,1-7H3,(H,58,74)(H,59,71)(H,60,73)(H,61,72)(H,63,75)/t31-,41+,42-,43-,44+,49-/m1/s1. The summed E-state index contributed by atoms with van der Waals surface area (Å²) in [7, 11) is 0. The van der Waals surface area contributed by atoms with E-state index in [0.717, 1.165) is 43.3 Å². The van der Waals surface area contributed by atoms with E-state index in [1.54, 1.807) is 34.6 Å². The Morgan fingerprint density at radius 3 is 2.28 bits per heavy atom. The molecule has 6 atom stereocenters. The molecule has 6 amide bonds. The second kappa shape index (κ2) is 23.5. The van der Waals surface area contributed by atoms with E-state index >= 15 is 0 Å². The zero-order valence-corrected chi connectivity index (χ0v) is 46.2. The van der Waals surface area contributed by atoms with E-state index < -0.39 is 71.7 Å². The van der Waals surface area contributed by atoms with Crippen molar-refractivity contribution in [2.45, 2.75) is 105 Å². The molecule has 0 spiro atoms. The fourth-order valence-corrected chi connectivity index (χ4v) is 11.5. The topological polar surface area (TPSA) is 249 Å². The number of hydrogen-bond donors (Lipinski definition) is 5. The predicted molar refractivity (Wildman–Crippen MR) is 294 cm³/mol. The number of hydrogen-bond acceptors (Lipinski definition) is 13. The average Bonchev–Trinajstić information content (AvgIpc) is 4.36. The van der Waals surface area contributed by atoms with Gasteiger partial charge in [0.2, 0.25) is 35.4 Å². The summed E-state index contributed by atoms with van der Waals surface area (Å²) in [6.45, 7) is 13.0. The van der Waals surface area contributed by atoms with E-state index in [0.29, 0.717) is 41.0 Å². The highest BCUT2D eigenvalue weighted by molar-refractivity contribution is 7.15. The summed E-state index contributed by atoms with van der Waals surface area (Å²) in [5, 5.41) is 32.8. The third-order valence-electron chi connectivity index (χ3n) is 14.2. The Morgan fingerprint density at radius 1 is 0.846 bits per heavy atom. The smallest absolute Gasteiger partial charge is 0.248 e. The van der Waals surface area contributed by atoms with Gasteiger partial charge in [0.15, 0.2) is 5.82 Å². The number of benzene rings is 3. The van der Waals surface area contributed by atoms with Gasteiger partial charge in [0, 0.05) is 47.1 Å². The zero-order valence-electron chi connectivity index (χ0n) is 44.6. The molecule has 6 heterocycles. The normalized spacial score (nSPS) is 21.8. The van der Waals surface area contributed by atoms with Crippen LogP contribution in [0.1, 0.15) is 97.1 Å². The van der Waals surface area contributed by atoms with Gasteiger partial charge in [-0.2, -0.15) is 0 Å². The van der Waals surface area contributed by atoms with Gasteiger partial charge in [0.25, 0.3) is 0 Å². The fraction of sp³-hybridized carbons (Fsp3) is 0.411. The lowest BCUT2D eigenvalue weighted by molar-refractivity contribution is -0.144. The summed E-state index contributed by atoms with van der Waals surface area (Å²) in [6.07, 6.45) is 1.84. The van der Waals surface area contributed by atoms with Crippen molar-refractivity contribution in [1.29, 1.82) is 0 Å². The van der Waals surface area contributed by atoms with Crippen molar-refractivity contribution in [3.8, 4) is 16.1 Å². The molecular formula is C56H64ClN13O7S. The molecule has 3 aromatic heterocycles. The Bertz CT molecular complexity index is 3240. The van der Waals surface area contributed by atoms with E-state index in [9.17, 15) is 28.8 Å². The van der Waals surface area contributed by atoms with Gasteiger partial charge < -0.3 is 36.2 Å². The van der Waals surface area contributed by atoms with Gasteiger partial charge in [-0.3, -0.25) is 38.3 Å². The van der Waals surface area contributed by atoms with Crippen molar-refractivity contribution < 1.29 is 33.5 Å². The second-order valence-corrected chi connectivity index (χ2v) is 22.9. The van der Waals surface area contributed by atoms with E-state index in [1.165, 1.54) is 4.68 Å². The number of aryl methyl sites for hydroxylation is 2. The van der Waals surface area contributed by atoms with Crippen LogP contribution in [-0.2, 0) is 46.5 Å². The minimum atomic E-state index is -1.32. The Morgan fingerprint density at radius 2 is 1.55 bits per heavy atom. The Hall–Kier alpha value is -7.62. The summed E-state index contributed by atoms with van der Waals surface area (Å²) in [5.74, 6) is -2.35. The lowest BCUT2D eigenvalue weighted by Gasteiger charge is -2.35. The van der Waals surface area contributed by atoms with Crippen LogP contribution < -0.4 is 26.6 Å². The van der Waals surface area contributed by atoms with Crippen LogP contribution in [0.5, 0.6) is 0 Å². The highest BCUT2D eigenvalue weighted by Gasteiger charge is 2.45. The second-order valence-electron chi connectivity index (χ2n) is 21.2. The van der Waals surface area contributed by atoms with Crippen LogP contribution in [0.3, 0.4) is 0 Å². The molecule has 3 aliphatic heterocycles. The Labute approximate surface area is 461 Å². The molecule has 9 rings (SSSR count). The molecule has 6 aromatic rings. The van der Waals surface area contributed by atoms with E-state index in [1.807, 2.05) is 120 Å². The number of carbonyl (C=O) groups is 6. The van der Waals surface area contributed by atoms with Crippen LogP contribution in [0.2, 0.25) is 5.02 Å². The molecular weight excluding hydrogens is 1030 g/mol. The van der Waals surface area contributed by atoms with Gasteiger partial charge in [0.1, 0.15) is 46.7 Å². The number of aliphatic imine (C=N–C) groups is 1. The van der Waals surface area contributed by atoms with Gasteiger partial charge >= 0.3 is 0 Å². The number of aromatic nitrogens is 6. The summed E-state index contributed by atoms with van der Waals surface area (Å²) < 4.78 is 9.30. The maximum atomic E-state index is 14.7. The van der Waals surface area contributed by atoms with E-state index in [4.69, 9.17) is 21.3 Å². The van der Waals surface area contributed by atoms with Crippen LogP contribution in [0, 0.1) is 32.1 Å². The molecule has 20 nitrogen and oxygen atoms in total. The first kappa shape index (κ1) is 55.1. The highest BCUT2D eigenvalue weighted by atomic mass is 35.5. The predicted octanol–water partition coefficient (Wildman–Crippen LogP) is 5.06. The first-order valence-corrected chi connectivity index (χ1v) is 27.2. The van der Waals surface area contributed by atoms with Gasteiger partial charge in [-0.1, -0.05) is 111 Å². The molecule has 3 aliphatic rings. The van der Waals surface area contributed by atoms with Gasteiger partial charge in [-0.05, 0) is 72.9 Å². The van der Waals surface area contributed by atoms with Crippen LogP contribution >= 0.6 is 22.9 Å². The zero-order chi connectivity index (χ0) is 55.4. The van der Waals surface area contributed by atoms with Crippen molar-refractivity contribution in [1.82, 2.24) is 61.2 Å². The molecule has 408 valence electrons. The van der Waals surface area contributed by atoms with Crippen molar-refractivity contribution in [3.63, 3.8) is 0 Å². The highest BCUT2D eigenvalue weighted by Crippen LogP contribution is 2.40. The minimum Gasteiger partial charge on any atom is -0.373 e. The number of thiophene rings is 1. The molecule has 3 aromatic carbocycles. The first-order chi connectivity index (χ1) is 37.3. The third-order valence-corrected chi connectivity index (χ3v) is 15.7. The quantitative estimate of drug-likeness (QED) is 0.135. The number of carbonyl (C=O) groups excluding carboxylic acids is 6. The number of ether oxygens (including phenoxy) is 1. The molecule has 22 heteroatoms. The Kier molecular flexibility index (Phi) is 16.6. The number of fused-ring (bicyclic) bond motifs is 6. The van der Waals surface area contributed by atoms with Crippen LogP contribution in [0.15, 0.2) is 90.1 Å². The van der Waals surface area contributed by atoms with Crippen molar-refractivity contribution in [3.05, 3.63) is 135 Å². The van der Waals surface area contributed by atoms with Crippen molar-refractivity contribution in [2.24, 2.45) is 16.3 Å². The van der Waals surface area contributed by atoms with Gasteiger partial charge in [-0.25, -0.2) is 4.68 Å².